The standard InChI is InChI=1S/C14H18N6O5/c15-14(16)20-9-3-1-2-8(4-9)12(23)18-6-11(22)17-5-10(13(24)25)19-7-21/h1-4,7,10H,5-6H2,(H,17,22)(H,18,23)(H,19,21)(H,24,25)(H4,15,16,20). The highest BCUT2D eigenvalue weighted by atomic mass is 16.4. The van der Waals surface area contributed by atoms with Gasteiger partial charge in [-0.1, -0.05) is 6.07 Å². The Balaban J connectivity index is 2.50. The van der Waals surface area contributed by atoms with Gasteiger partial charge in [0, 0.05) is 17.8 Å². The van der Waals surface area contributed by atoms with Gasteiger partial charge in [0.25, 0.3) is 5.91 Å². The molecule has 0 fully saturated rings. The first-order valence-electron chi connectivity index (χ1n) is 7.02. The largest absolute Gasteiger partial charge is 0.480 e. The van der Waals surface area contributed by atoms with Crippen LogP contribution in [0.2, 0.25) is 0 Å². The minimum absolute atomic E-state index is 0.217. The quantitative estimate of drug-likeness (QED) is 0.153. The SMILES string of the molecule is N=C(N)Nc1cccc(C(=O)NCC(=O)NCC(NC=O)C(=O)O)c1. The normalized spacial score (nSPS) is 10.9. The van der Waals surface area contributed by atoms with Gasteiger partial charge < -0.3 is 32.1 Å². The number of carboxylic acids is 1. The Morgan fingerprint density at radius 2 is 2.00 bits per heavy atom. The second kappa shape index (κ2) is 9.50. The second-order valence-corrected chi connectivity index (χ2v) is 4.78. The molecule has 25 heavy (non-hydrogen) atoms. The van der Waals surface area contributed by atoms with Gasteiger partial charge in [-0.3, -0.25) is 19.8 Å². The molecule has 1 atom stereocenters. The number of benzene rings is 1. The molecule has 0 saturated carbocycles. The van der Waals surface area contributed by atoms with Crippen molar-refractivity contribution in [3.8, 4) is 0 Å². The van der Waals surface area contributed by atoms with E-state index in [0.717, 1.165) is 0 Å². The van der Waals surface area contributed by atoms with Gasteiger partial charge in [0.15, 0.2) is 5.96 Å². The number of aliphatic carboxylic acids is 1. The average molecular weight is 350 g/mol. The Kier molecular flexibility index (Phi) is 7.38. The Morgan fingerprint density at radius 1 is 1.28 bits per heavy atom. The fourth-order valence-corrected chi connectivity index (χ4v) is 1.73. The minimum Gasteiger partial charge on any atom is -0.480 e. The molecule has 134 valence electrons. The van der Waals surface area contributed by atoms with E-state index < -0.39 is 23.8 Å². The summed E-state index contributed by atoms with van der Waals surface area (Å²) in [6.07, 6.45) is 0.217. The van der Waals surface area contributed by atoms with E-state index >= 15 is 0 Å². The number of rotatable bonds is 9. The molecule has 3 amide bonds. The van der Waals surface area contributed by atoms with E-state index in [1.54, 1.807) is 12.1 Å². The van der Waals surface area contributed by atoms with E-state index in [2.05, 4.69) is 16.0 Å². The molecular weight excluding hydrogens is 332 g/mol. The minimum atomic E-state index is -1.30. The summed E-state index contributed by atoms with van der Waals surface area (Å²) < 4.78 is 0. The molecule has 11 nitrogen and oxygen atoms in total. The number of guanidine groups is 1. The molecule has 0 aliphatic rings. The monoisotopic (exact) mass is 350 g/mol. The van der Waals surface area contributed by atoms with Crippen molar-refractivity contribution < 1.29 is 24.3 Å². The lowest BCUT2D eigenvalue weighted by molar-refractivity contribution is -0.140. The van der Waals surface area contributed by atoms with Crippen LogP contribution >= 0.6 is 0 Å². The van der Waals surface area contributed by atoms with Gasteiger partial charge in [0.1, 0.15) is 6.04 Å². The van der Waals surface area contributed by atoms with Crippen LogP contribution in [0.4, 0.5) is 5.69 Å². The summed E-state index contributed by atoms with van der Waals surface area (Å²) in [6.45, 7) is -0.697. The molecule has 0 bridgehead atoms. The van der Waals surface area contributed by atoms with Gasteiger partial charge >= 0.3 is 5.97 Å². The molecule has 0 saturated heterocycles. The zero-order valence-electron chi connectivity index (χ0n) is 13.0. The zero-order valence-corrected chi connectivity index (χ0v) is 13.0. The number of hydrogen-bond acceptors (Lipinski definition) is 5. The molecular formula is C14H18N6O5. The molecule has 1 aromatic rings. The zero-order chi connectivity index (χ0) is 18.8. The van der Waals surface area contributed by atoms with Crippen LogP contribution in [-0.2, 0) is 14.4 Å². The van der Waals surface area contributed by atoms with Crippen LogP contribution in [0.5, 0.6) is 0 Å². The van der Waals surface area contributed by atoms with Crippen molar-refractivity contribution in [2.75, 3.05) is 18.4 Å². The summed E-state index contributed by atoms with van der Waals surface area (Å²) in [6, 6.07) is 4.88. The first-order valence-corrected chi connectivity index (χ1v) is 7.02. The van der Waals surface area contributed by atoms with Crippen LogP contribution in [0.1, 0.15) is 10.4 Å². The summed E-state index contributed by atoms with van der Waals surface area (Å²) in [5.74, 6) is -2.74. The number of carboxylic acid groups (broad SMARTS) is 1. The number of amides is 3. The number of carbonyl (C=O) groups is 4. The van der Waals surface area contributed by atoms with Crippen molar-refractivity contribution in [1.82, 2.24) is 16.0 Å². The third-order valence-electron chi connectivity index (χ3n) is 2.88. The van der Waals surface area contributed by atoms with E-state index in [4.69, 9.17) is 16.2 Å². The highest BCUT2D eigenvalue weighted by Crippen LogP contribution is 2.09. The Morgan fingerprint density at radius 3 is 2.60 bits per heavy atom. The fraction of sp³-hybridized carbons (Fsp3) is 0.214. The van der Waals surface area contributed by atoms with E-state index in [-0.39, 0.29) is 31.0 Å². The van der Waals surface area contributed by atoms with E-state index in [9.17, 15) is 19.2 Å². The fourth-order valence-electron chi connectivity index (χ4n) is 1.73. The molecule has 1 unspecified atom stereocenters. The van der Waals surface area contributed by atoms with Crippen LogP contribution in [0, 0.1) is 5.41 Å². The average Bonchev–Trinajstić information content (AvgIpc) is 2.55. The van der Waals surface area contributed by atoms with Gasteiger partial charge in [0.05, 0.1) is 6.54 Å². The van der Waals surface area contributed by atoms with E-state index in [0.29, 0.717) is 5.69 Å². The molecule has 0 radical (unpaired) electrons. The topological polar surface area (TPSA) is 186 Å². The second-order valence-electron chi connectivity index (χ2n) is 4.78. The van der Waals surface area contributed by atoms with Crippen LogP contribution in [-0.4, -0.2) is 54.4 Å². The molecule has 0 heterocycles. The van der Waals surface area contributed by atoms with Gasteiger partial charge in [-0.2, -0.15) is 0 Å². The number of hydrogen-bond donors (Lipinski definition) is 7. The first kappa shape index (κ1) is 19.4. The van der Waals surface area contributed by atoms with Crippen molar-refractivity contribution in [3.63, 3.8) is 0 Å². The summed E-state index contributed by atoms with van der Waals surface area (Å²) in [4.78, 5) is 44.7. The van der Waals surface area contributed by atoms with Crippen LogP contribution in [0.3, 0.4) is 0 Å². The molecule has 8 N–H and O–H groups in total. The predicted molar refractivity (Wildman–Crippen MR) is 87.9 cm³/mol. The number of anilines is 1. The third kappa shape index (κ3) is 6.99. The Bertz CT molecular complexity index is 677. The molecule has 11 heteroatoms. The van der Waals surface area contributed by atoms with Gasteiger partial charge in [-0.15, -0.1) is 0 Å². The lowest BCUT2D eigenvalue weighted by Gasteiger charge is -2.12. The summed E-state index contributed by atoms with van der Waals surface area (Å²) in [7, 11) is 0. The van der Waals surface area contributed by atoms with Gasteiger partial charge in [-0.25, -0.2) is 4.79 Å². The van der Waals surface area contributed by atoms with Crippen molar-refractivity contribution in [2.24, 2.45) is 5.73 Å². The van der Waals surface area contributed by atoms with Crippen LogP contribution in [0.25, 0.3) is 0 Å². The summed E-state index contributed by atoms with van der Waals surface area (Å²) >= 11 is 0. The Labute approximate surface area is 142 Å². The summed E-state index contributed by atoms with van der Waals surface area (Å²) in [5, 5.41) is 25.1. The lowest BCUT2D eigenvalue weighted by atomic mass is 10.2. The maximum absolute atomic E-state index is 12.0. The van der Waals surface area contributed by atoms with Crippen molar-refractivity contribution in [3.05, 3.63) is 29.8 Å². The molecule has 1 aromatic carbocycles. The predicted octanol–water partition coefficient (Wildman–Crippen LogP) is -1.96. The van der Waals surface area contributed by atoms with Crippen molar-refractivity contribution in [2.45, 2.75) is 6.04 Å². The molecule has 0 aliphatic carbocycles. The van der Waals surface area contributed by atoms with E-state index in [1.807, 2.05) is 5.32 Å². The van der Waals surface area contributed by atoms with Crippen LogP contribution in [0.15, 0.2) is 24.3 Å². The maximum Gasteiger partial charge on any atom is 0.328 e. The number of nitrogens with two attached hydrogens (primary N) is 1. The number of nitrogens with one attached hydrogen (secondary N) is 5. The highest BCUT2D eigenvalue weighted by molar-refractivity contribution is 5.98. The molecule has 1 rings (SSSR count). The lowest BCUT2D eigenvalue weighted by Crippen LogP contribution is -2.47. The van der Waals surface area contributed by atoms with Gasteiger partial charge in [-0.05, 0) is 18.2 Å². The number of carbonyl (C=O) groups excluding carboxylic acids is 3. The first-order chi connectivity index (χ1) is 11.8. The van der Waals surface area contributed by atoms with Crippen molar-refractivity contribution in [1.29, 1.82) is 5.41 Å². The highest BCUT2D eigenvalue weighted by Gasteiger charge is 2.17. The van der Waals surface area contributed by atoms with Gasteiger partial charge in [0.2, 0.25) is 12.3 Å². The van der Waals surface area contributed by atoms with E-state index in [1.165, 1.54) is 12.1 Å². The third-order valence-corrected chi connectivity index (χ3v) is 2.88. The molecule has 0 spiro atoms. The van der Waals surface area contributed by atoms with Crippen molar-refractivity contribution >= 4 is 35.8 Å². The molecule has 0 aromatic heterocycles. The molecule has 0 aliphatic heterocycles. The smallest absolute Gasteiger partial charge is 0.328 e. The maximum atomic E-state index is 12.0. The van der Waals surface area contributed by atoms with Crippen LogP contribution < -0.4 is 27.0 Å². The Hall–Kier alpha value is -3.63. The summed E-state index contributed by atoms with van der Waals surface area (Å²) in [5.41, 5.74) is 5.88.